The average Bonchev–Trinajstić information content (AvgIpc) is 2.77. The molecule has 0 saturated carbocycles. The van der Waals surface area contributed by atoms with Crippen LogP contribution in [0.3, 0.4) is 0 Å². The molecule has 0 fully saturated rings. The highest BCUT2D eigenvalue weighted by Gasteiger charge is 2.00. The van der Waals surface area contributed by atoms with Crippen molar-refractivity contribution in [3.05, 3.63) is 12.2 Å². The third-order valence-electron chi connectivity index (χ3n) is 5.44. The molecule has 0 atom stereocenters. The van der Waals surface area contributed by atoms with E-state index in [1.54, 1.807) is 0 Å². The largest absolute Gasteiger partial charge is 0.481 e. The zero-order valence-electron chi connectivity index (χ0n) is 21.7. The molecule has 0 heterocycles. The van der Waals surface area contributed by atoms with E-state index in [0.717, 1.165) is 25.7 Å². The zero-order valence-corrected chi connectivity index (χ0v) is 21.7. The van der Waals surface area contributed by atoms with Gasteiger partial charge in [-0.25, -0.2) is 0 Å². The lowest BCUT2D eigenvalue weighted by molar-refractivity contribution is -0.143. The lowest BCUT2D eigenvalue weighted by atomic mass is 10.1. The lowest BCUT2D eigenvalue weighted by Crippen LogP contribution is -2.03. The Labute approximate surface area is 199 Å². The van der Waals surface area contributed by atoms with Crippen molar-refractivity contribution in [3.8, 4) is 0 Å². The van der Waals surface area contributed by atoms with Crippen molar-refractivity contribution in [2.45, 2.75) is 149 Å². The van der Waals surface area contributed by atoms with Crippen LogP contribution in [0.25, 0.3) is 0 Å². The maximum Gasteiger partial charge on any atom is 0.305 e. The zero-order chi connectivity index (χ0) is 24.1. The fraction of sp³-hybridized carbons (Fsp3) is 0.857. The molecule has 0 bridgehead atoms. The van der Waals surface area contributed by atoms with Gasteiger partial charge in [-0.2, -0.15) is 0 Å². The summed E-state index contributed by atoms with van der Waals surface area (Å²) in [5.41, 5.74) is 0. The molecular formula is C28H54O4. The molecule has 32 heavy (non-hydrogen) atoms. The Morgan fingerprint density at radius 1 is 0.594 bits per heavy atom. The topological polar surface area (TPSA) is 63.6 Å². The Balaban J connectivity index is 0. The molecule has 0 amide bonds. The standard InChI is InChI=1S/C20H38O2.C8H16O2/c1-3-5-6-7-8-9-10-11-12-13-14-15-16-17-18-19-20(21)22-4-2;1-2-3-4-5-6-7-8(9)10/h11-12H,3-10,13-19H2,1-2H3;2-7H2,1H3,(H,9,10)/b12-11-;. The molecule has 190 valence electrons. The molecule has 1 N–H and O–H groups in total. The number of unbranched alkanes of at least 4 members (excludes halogenated alkanes) is 15. The monoisotopic (exact) mass is 454 g/mol. The van der Waals surface area contributed by atoms with Crippen LogP contribution in [0.2, 0.25) is 0 Å². The molecule has 0 aliphatic carbocycles. The summed E-state index contributed by atoms with van der Waals surface area (Å²) >= 11 is 0. The highest BCUT2D eigenvalue weighted by Crippen LogP contribution is 2.10. The third-order valence-corrected chi connectivity index (χ3v) is 5.44. The van der Waals surface area contributed by atoms with Crippen LogP contribution in [-0.2, 0) is 14.3 Å². The normalized spacial score (nSPS) is 10.7. The second-order valence-corrected chi connectivity index (χ2v) is 8.70. The van der Waals surface area contributed by atoms with Crippen molar-refractivity contribution in [2.24, 2.45) is 0 Å². The number of carbonyl (C=O) groups is 2. The van der Waals surface area contributed by atoms with Crippen LogP contribution in [0.1, 0.15) is 149 Å². The second kappa shape index (κ2) is 29.7. The highest BCUT2D eigenvalue weighted by atomic mass is 16.5. The molecular weight excluding hydrogens is 400 g/mol. The summed E-state index contributed by atoms with van der Waals surface area (Å²) in [5.74, 6) is -0.711. The summed E-state index contributed by atoms with van der Waals surface area (Å²) in [6.07, 6.45) is 27.9. The Hall–Kier alpha value is -1.32. The molecule has 0 unspecified atom stereocenters. The van der Waals surface area contributed by atoms with Crippen LogP contribution in [-0.4, -0.2) is 23.7 Å². The Bertz CT molecular complexity index is 418. The molecule has 0 radical (unpaired) electrons. The van der Waals surface area contributed by atoms with Crippen molar-refractivity contribution in [3.63, 3.8) is 0 Å². The van der Waals surface area contributed by atoms with E-state index in [9.17, 15) is 9.59 Å². The van der Waals surface area contributed by atoms with E-state index in [4.69, 9.17) is 9.84 Å². The van der Waals surface area contributed by atoms with Gasteiger partial charge < -0.3 is 9.84 Å². The van der Waals surface area contributed by atoms with Crippen molar-refractivity contribution in [2.75, 3.05) is 6.61 Å². The molecule has 4 nitrogen and oxygen atoms in total. The molecule has 0 saturated heterocycles. The van der Waals surface area contributed by atoms with Gasteiger partial charge in [0.1, 0.15) is 0 Å². The van der Waals surface area contributed by atoms with E-state index in [0.29, 0.717) is 19.4 Å². The maximum absolute atomic E-state index is 11.1. The van der Waals surface area contributed by atoms with Gasteiger partial charge in [0.15, 0.2) is 0 Å². The van der Waals surface area contributed by atoms with Gasteiger partial charge in [0.2, 0.25) is 0 Å². The van der Waals surface area contributed by atoms with Crippen LogP contribution in [0.5, 0.6) is 0 Å². The molecule has 0 aliphatic rings. The first kappa shape index (κ1) is 32.9. The molecule has 0 rings (SSSR count). The Morgan fingerprint density at radius 3 is 1.44 bits per heavy atom. The molecule has 0 aromatic heterocycles. The van der Waals surface area contributed by atoms with Gasteiger partial charge in [-0.3, -0.25) is 9.59 Å². The predicted molar refractivity (Wildman–Crippen MR) is 137 cm³/mol. The van der Waals surface area contributed by atoms with Crippen LogP contribution >= 0.6 is 0 Å². The number of hydrogen-bond acceptors (Lipinski definition) is 3. The number of carbonyl (C=O) groups excluding carboxylic acids is 1. The molecule has 0 aromatic carbocycles. The molecule has 0 aromatic rings. The van der Waals surface area contributed by atoms with Crippen LogP contribution in [0, 0.1) is 0 Å². The van der Waals surface area contributed by atoms with Gasteiger partial charge >= 0.3 is 11.9 Å². The maximum atomic E-state index is 11.1. The third kappa shape index (κ3) is 33.3. The predicted octanol–water partition coefficient (Wildman–Crippen LogP) is 9.02. The summed E-state index contributed by atoms with van der Waals surface area (Å²) < 4.78 is 4.91. The van der Waals surface area contributed by atoms with Crippen molar-refractivity contribution in [1.29, 1.82) is 0 Å². The van der Waals surface area contributed by atoms with Crippen molar-refractivity contribution < 1.29 is 19.4 Å². The SMILES string of the molecule is CCCCCCCC(=O)O.CCCCCCCC/C=C\CCCCCCCC(=O)OCC. The number of ether oxygens (including phenoxy) is 1. The summed E-state index contributed by atoms with van der Waals surface area (Å²) in [5, 5.41) is 8.27. The van der Waals surface area contributed by atoms with Gasteiger partial charge in [0.25, 0.3) is 0 Å². The van der Waals surface area contributed by atoms with Crippen LogP contribution < -0.4 is 0 Å². The van der Waals surface area contributed by atoms with E-state index in [-0.39, 0.29) is 5.97 Å². The van der Waals surface area contributed by atoms with Gasteiger partial charge in [0, 0.05) is 12.8 Å². The number of allylic oxidation sites excluding steroid dienone is 2. The van der Waals surface area contributed by atoms with Gasteiger partial charge in [-0.15, -0.1) is 0 Å². The van der Waals surface area contributed by atoms with Crippen LogP contribution in [0.4, 0.5) is 0 Å². The van der Waals surface area contributed by atoms with Crippen molar-refractivity contribution >= 4 is 11.9 Å². The lowest BCUT2D eigenvalue weighted by Gasteiger charge is -2.01. The number of hydrogen-bond donors (Lipinski definition) is 1. The average molecular weight is 455 g/mol. The minimum atomic E-state index is -0.670. The highest BCUT2D eigenvalue weighted by molar-refractivity contribution is 5.69. The van der Waals surface area contributed by atoms with E-state index < -0.39 is 5.97 Å². The van der Waals surface area contributed by atoms with E-state index in [2.05, 4.69) is 26.0 Å². The number of rotatable bonds is 22. The smallest absolute Gasteiger partial charge is 0.305 e. The fourth-order valence-corrected chi connectivity index (χ4v) is 3.45. The summed E-state index contributed by atoms with van der Waals surface area (Å²) in [7, 11) is 0. The van der Waals surface area contributed by atoms with Crippen molar-refractivity contribution in [1.82, 2.24) is 0 Å². The fourth-order valence-electron chi connectivity index (χ4n) is 3.45. The van der Waals surface area contributed by atoms with E-state index in [1.807, 2.05) is 6.92 Å². The number of esters is 1. The first-order valence-corrected chi connectivity index (χ1v) is 13.6. The number of carboxylic acids is 1. The first-order valence-electron chi connectivity index (χ1n) is 13.6. The summed E-state index contributed by atoms with van der Waals surface area (Å²) in [6, 6.07) is 0. The summed E-state index contributed by atoms with van der Waals surface area (Å²) in [6.45, 7) is 6.78. The molecule has 0 spiro atoms. The molecule has 0 aliphatic heterocycles. The van der Waals surface area contributed by atoms with Gasteiger partial charge in [-0.1, -0.05) is 103 Å². The first-order chi connectivity index (χ1) is 15.6. The molecule has 4 heteroatoms. The van der Waals surface area contributed by atoms with Gasteiger partial charge in [0.05, 0.1) is 6.61 Å². The number of aliphatic carboxylic acids is 1. The second-order valence-electron chi connectivity index (χ2n) is 8.70. The van der Waals surface area contributed by atoms with Gasteiger partial charge in [-0.05, 0) is 45.4 Å². The number of carboxylic acid groups (broad SMARTS) is 1. The minimum absolute atomic E-state index is 0.0415. The minimum Gasteiger partial charge on any atom is -0.481 e. The van der Waals surface area contributed by atoms with Crippen LogP contribution in [0.15, 0.2) is 12.2 Å². The quantitative estimate of drug-likeness (QED) is 0.101. The van der Waals surface area contributed by atoms with E-state index in [1.165, 1.54) is 89.9 Å². The summed E-state index contributed by atoms with van der Waals surface area (Å²) in [4.78, 5) is 21.2. The Morgan fingerprint density at radius 2 is 1.00 bits per heavy atom. The van der Waals surface area contributed by atoms with E-state index >= 15 is 0 Å². The Kier molecular flexibility index (Phi) is 30.5.